The third-order valence-electron chi connectivity index (χ3n) is 4.88. The van der Waals surface area contributed by atoms with E-state index < -0.39 is 0 Å². The van der Waals surface area contributed by atoms with E-state index in [0.717, 1.165) is 38.2 Å². The van der Waals surface area contributed by atoms with Crippen LogP contribution in [0.1, 0.15) is 34.5 Å². The summed E-state index contributed by atoms with van der Waals surface area (Å²) in [6.07, 6.45) is 2.19. The normalized spacial score (nSPS) is 15.2. The topological polar surface area (TPSA) is 70.7 Å². The van der Waals surface area contributed by atoms with Crippen LogP contribution in [0.5, 0.6) is 5.75 Å². The van der Waals surface area contributed by atoms with Crippen molar-refractivity contribution in [1.29, 1.82) is 0 Å². The zero-order chi connectivity index (χ0) is 19.8. The van der Waals surface area contributed by atoms with E-state index in [0.29, 0.717) is 17.8 Å². The van der Waals surface area contributed by atoms with Crippen LogP contribution in [0.25, 0.3) is 0 Å². The third-order valence-corrected chi connectivity index (χ3v) is 5.74. The van der Waals surface area contributed by atoms with Crippen molar-refractivity contribution in [3.63, 3.8) is 0 Å². The number of methoxy groups -OCH3 is 1. The number of ether oxygens (including phenoxy) is 1. The molecule has 1 aliphatic rings. The van der Waals surface area contributed by atoms with Crippen LogP contribution in [-0.4, -0.2) is 49.5 Å². The molecule has 2 N–H and O–H groups in total. The summed E-state index contributed by atoms with van der Waals surface area (Å²) in [7, 11) is 1.68. The predicted molar refractivity (Wildman–Crippen MR) is 111 cm³/mol. The Balaban J connectivity index is 1.33. The summed E-state index contributed by atoms with van der Waals surface area (Å²) >= 11 is 1.40. The highest BCUT2D eigenvalue weighted by Gasteiger charge is 2.20. The lowest BCUT2D eigenvalue weighted by atomic mass is 10.0. The Kier molecular flexibility index (Phi) is 7.45. The molecule has 1 aliphatic heterocycles. The van der Waals surface area contributed by atoms with Gasteiger partial charge in [0.2, 0.25) is 5.91 Å². The number of carbonyl (C=O) groups excluding carboxylic acids is 2. The van der Waals surface area contributed by atoms with Crippen LogP contribution < -0.4 is 15.4 Å². The van der Waals surface area contributed by atoms with Gasteiger partial charge >= 0.3 is 0 Å². The molecule has 1 aromatic heterocycles. The summed E-state index contributed by atoms with van der Waals surface area (Å²) in [6, 6.07) is 12.0. The zero-order valence-corrected chi connectivity index (χ0v) is 17.0. The quantitative estimate of drug-likeness (QED) is 0.713. The summed E-state index contributed by atoms with van der Waals surface area (Å²) in [5, 5.41) is 7.75. The molecule has 0 atom stereocenters. The fourth-order valence-electron chi connectivity index (χ4n) is 3.35. The average Bonchev–Trinajstić information content (AvgIpc) is 3.24. The molecule has 0 unspecified atom stereocenters. The summed E-state index contributed by atoms with van der Waals surface area (Å²) in [5.74, 6) is 0.761. The SMILES string of the molecule is COc1cccc(CN2CCC(NC(=O)CCNC(=O)c3cccs3)CC2)c1. The van der Waals surface area contributed by atoms with E-state index in [1.807, 2.05) is 23.6 Å². The fraction of sp³-hybridized carbons (Fsp3) is 0.429. The van der Waals surface area contributed by atoms with Crippen LogP contribution in [0.4, 0.5) is 0 Å². The van der Waals surface area contributed by atoms with Gasteiger partial charge in [-0.15, -0.1) is 11.3 Å². The molecule has 3 rings (SSSR count). The molecule has 0 radical (unpaired) electrons. The summed E-state index contributed by atoms with van der Waals surface area (Å²) in [5.41, 5.74) is 1.24. The highest BCUT2D eigenvalue weighted by Crippen LogP contribution is 2.17. The highest BCUT2D eigenvalue weighted by atomic mass is 32.1. The number of nitrogens with one attached hydrogen (secondary N) is 2. The molecule has 0 aliphatic carbocycles. The van der Waals surface area contributed by atoms with Gasteiger partial charge < -0.3 is 15.4 Å². The molecular formula is C21H27N3O3S. The molecule has 0 spiro atoms. The lowest BCUT2D eigenvalue weighted by molar-refractivity contribution is -0.122. The Morgan fingerprint density at radius 3 is 2.75 bits per heavy atom. The van der Waals surface area contributed by atoms with E-state index in [2.05, 4.69) is 27.7 Å². The minimum absolute atomic E-state index is 0.00211. The minimum atomic E-state index is -0.117. The van der Waals surface area contributed by atoms with Gasteiger partial charge in [0.25, 0.3) is 5.91 Å². The van der Waals surface area contributed by atoms with Crippen LogP contribution in [0.2, 0.25) is 0 Å². The standard InChI is InChI=1S/C21H27N3O3S/c1-27-18-5-2-4-16(14-18)15-24-11-8-17(9-12-24)23-20(25)7-10-22-21(26)19-6-3-13-28-19/h2-6,13-14,17H,7-12,15H2,1H3,(H,22,26)(H,23,25). The van der Waals surface area contributed by atoms with Crippen LogP contribution in [0.15, 0.2) is 41.8 Å². The lowest BCUT2D eigenvalue weighted by Crippen LogP contribution is -2.45. The molecule has 6 nitrogen and oxygen atoms in total. The number of hydrogen-bond acceptors (Lipinski definition) is 5. The Morgan fingerprint density at radius 2 is 2.04 bits per heavy atom. The van der Waals surface area contributed by atoms with Crippen molar-refractivity contribution >= 4 is 23.2 Å². The van der Waals surface area contributed by atoms with E-state index >= 15 is 0 Å². The van der Waals surface area contributed by atoms with Crippen molar-refractivity contribution in [2.24, 2.45) is 0 Å². The number of hydrogen-bond donors (Lipinski definition) is 2. The van der Waals surface area contributed by atoms with Crippen molar-refractivity contribution in [3.8, 4) is 5.75 Å². The second-order valence-electron chi connectivity index (χ2n) is 6.95. The zero-order valence-electron chi connectivity index (χ0n) is 16.1. The molecule has 1 saturated heterocycles. The van der Waals surface area contributed by atoms with Crippen LogP contribution in [0, 0.1) is 0 Å². The van der Waals surface area contributed by atoms with Crippen LogP contribution >= 0.6 is 11.3 Å². The van der Waals surface area contributed by atoms with Gasteiger partial charge in [0, 0.05) is 38.6 Å². The first kappa shape index (κ1) is 20.4. The van der Waals surface area contributed by atoms with E-state index in [1.165, 1.54) is 16.9 Å². The van der Waals surface area contributed by atoms with E-state index in [-0.39, 0.29) is 17.9 Å². The van der Waals surface area contributed by atoms with E-state index in [9.17, 15) is 9.59 Å². The van der Waals surface area contributed by atoms with Crippen LogP contribution in [-0.2, 0) is 11.3 Å². The Hall–Kier alpha value is -2.38. The van der Waals surface area contributed by atoms with Crippen molar-refractivity contribution < 1.29 is 14.3 Å². The predicted octanol–water partition coefficient (Wildman–Crippen LogP) is 2.66. The van der Waals surface area contributed by atoms with Gasteiger partial charge in [-0.3, -0.25) is 14.5 Å². The largest absolute Gasteiger partial charge is 0.497 e. The first-order valence-corrected chi connectivity index (χ1v) is 10.5. The van der Waals surface area contributed by atoms with Gasteiger partial charge in [-0.25, -0.2) is 0 Å². The van der Waals surface area contributed by atoms with Crippen molar-refractivity contribution in [2.45, 2.75) is 31.8 Å². The summed E-state index contributed by atoms with van der Waals surface area (Å²) in [6.45, 7) is 3.17. The molecular weight excluding hydrogens is 374 g/mol. The molecule has 150 valence electrons. The Labute approximate surface area is 169 Å². The Morgan fingerprint density at radius 1 is 1.21 bits per heavy atom. The molecule has 2 amide bonds. The first-order valence-electron chi connectivity index (χ1n) is 9.60. The van der Waals surface area contributed by atoms with Crippen molar-refractivity contribution in [1.82, 2.24) is 15.5 Å². The molecule has 1 aromatic carbocycles. The lowest BCUT2D eigenvalue weighted by Gasteiger charge is -2.32. The van der Waals surface area contributed by atoms with Crippen molar-refractivity contribution in [3.05, 3.63) is 52.2 Å². The van der Waals surface area contributed by atoms with Gasteiger partial charge in [0.15, 0.2) is 0 Å². The maximum absolute atomic E-state index is 12.1. The van der Waals surface area contributed by atoms with E-state index in [4.69, 9.17) is 4.74 Å². The smallest absolute Gasteiger partial charge is 0.261 e. The number of nitrogens with zero attached hydrogens (tertiary/aromatic N) is 1. The number of carbonyl (C=O) groups is 2. The number of amides is 2. The Bertz CT molecular complexity index is 771. The number of benzene rings is 1. The van der Waals surface area contributed by atoms with Gasteiger partial charge in [0.1, 0.15) is 5.75 Å². The fourth-order valence-corrected chi connectivity index (χ4v) is 3.99. The summed E-state index contributed by atoms with van der Waals surface area (Å²) < 4.78 is 5.28. The van der Waals surface area contributed by atoms with Crippen molar-refractivity contribution in [2.75, 3.05) is 26.7 Å². The summed E-state index contributed by atoms with van der Waals surface area (Å²) in [4.78, 5) is 27.1. The number of rotatable bonds is 8. The second-order valence-corrected chi connectivity index (χ2v) is 7.90. The molecule has 28 heavy (non-hydrogen) atoms. The molecule has 0 saturated carbocycles. The highest BCUT2D eigenvalue weighted by molar-refractivity contribution is 7.12. The molecule has 0 bridgehead atoms. The monoisotopic (exact) mass is 401 g/mol. The second kappa shape index (κ2) is 10.2. The van der Waals surface area contributed by atoms with Gasteiger partial charge in [0.05, 0.1) is 12.0 Å². The first-order chi connectivity index (χ1) is 13.6. The van der Waals surface area contributed by atoms with Crippen LogP contribution in [0.3, 0.4) is 0 Å². The molecule has 1 fully saturated rings. The maximum atomic E-state index is 12.1. The molecule has 2 aromatic rings. The average molecular weight is 402 g/mol. The number of thiophene rings is 1. The van der Waals surface area contributed by atoms with Gasteiger partial charge in [-0.05, 0) is 42.0 Å². The third kappa shape index (κ3) is 6.07. The number of likely N-dealkylation sites (tertiary alicyclic amines) is 1. The maximum Gasteiger partial charge on any atom is 0.261 e. The van der Waals surface area contributed by atoms with E-state index in [1.54, 1.807) is 13.2 Å². The molecule has 7 heteroatoms. The number of piperidine rings is 1. The van der Waals surface area contributed by atoms with Gasteiger partial charge in [-0.2, -0.15) is 0 Å². The minimum Gasteiger partial charge on any atom is -0.497 e. The van der Waals surface area contributed by atoms with Gasteiger partial charge in [-0.1, -0.05) is 18.2 Å². The molecule has 2 heterocycles.